The summed E-state index contributed by atoms with van der Waals surface area (Å²) in [6.07, 6.45) is -0.656. The SMILES string of the molecule is Cc1ccc(C2NNCC2CNCC(O)COc2cccc(Cl)c2Cl)o1. The quantitative estimate of drug-likeness (QED) is 0.546. The van der Waals surface area contributed by atoms with Crippen molar-refractivity contribution in [1.29, 1.82) is 0 Å². The highest BCUT2D eigenvalue weighted by atomic mass is 35.5. The maximum Gasteiger partial charge on any atom is 0.139 e. The number of aliphatic hydroxyl groups is 1. The highest BCUT2D eigenvalue weighted by molar-refractivity contribution is 6.42. The number of benzene rings is 1. The van der Waals surface area contributed by atoms with Crippen LogP contribution in [0.15, 0.2) is 34.7 Å². The summed E-state index contributed by atoms with van der Waals surface area (Å²) in [6, 6.07) is 9.22. The van der Waals surface area contributed by atoms with Crippen molar-refractivity contribution < 1.29 is 14.3 Å². The zero-order valence-electron chi connectivity index (χ0n) is 14.5. The Morgan fingerprint density at radius 3 is 2.96 bits per heavy atom. The first-order valence-electron chi connectivity index (χ1n) is 8.55. The van der Waals surface area contributed by atoms with Crippen LogP contribution in [0.4, 0.5) is 0 Å². The van der Waals surface area contributed by atoms with Gasteiger partial charge in [0.25, 0.3) is 0 Å². The number of hydrazine groups is 1. The van der Waals surface area contributed by atoms with E-state index in [1.54, 1.807) is 18.2 Å². The van der Waals surface area contributed by atoms with Crippen molar-refractivity contribution in [2.24, 2.45) is 5.92 Å². The molecule has 2 heterocycles. The van der Waals surface area contributed by atoms with E-state index in [4.69, 9.17) is 32.4 Å². The molecular weight excluding hydrogens is 377 g/mol. The fourth-order valence-corrected chi connectivity index (χ4v) is 3.27. The maximum atomic E-state index is 10.1. The summed E-state index contributed by atoms with van der Waals surface area (Å²) in [4.78, 5) is 0. The normalized spacial score (nSPS) is 21.1. The second-order valence-electron chi connectivity index (χ2n) is 6.39. The van der Waals surface area contributed by atoms with Gasteiger partial charge in [0, 0.05) is 25.6 Å². The molecule has 1 aliphatic heterocycles. The Kier molecular flexibility index (Phi) is 6.80. The van der Waals surface area contributed by atoms with Crippen LogP contribution < -0.4 is 20.9 Å². The fraction of sp³-hybridized carbons (Fsp3) is 0.444. The van der Waals surface area contributed by atoms with Crippen LogP contribution in [0, 0.1) is 12.8 Å². The maximum absolute atomic E-state index is 10.1. The number of ether oxygens (including phenoxy) is 1. The molecule has 26 heavy (non-hydrogen) atoms. The standard InChI is InChI=1S/C18H23Cl2N3O3/c1-11-5-6-16(26-11)18-12(8-22-23-18)7-21-9-13(24)10-25-15-4-2-3-14(19)17(15)20/h2-6,12-13,18,21-24H,7-10H2,1H3. The van der Waals surface area contributed by atoms with Crippen LogP contribution in [0.5, 0.6) is 5.75 Å². The summed E-state index contributed by atoms with van der Waals surface area (Å²) >= 11 is 12.0. The van der Waals surface area contributed by atoms with Gasteiger partial charge < -0.3 is 19.6 Å². The van der Waals surface area contributed by atoms with Gasteiger partial charge in [0.1, 0.15) is 35.0 Å². The van der Waals surface area contributed by atoms with Crippen molar-refractivity contribution in [3.8, 4) is 5.75 Å². The number of aliphatic hydroxyl groups excluding tert-OH is 1. The van der Waals surface area contributed by atoms with Gasteiger partial charge in [0.15, 0.2) is 0 Å². The molecule has 4 N–H and O–H groups in total. The van der Waals surface area contributed by atoms with Gasteiger partial charge in [-0.25, -0.2) is 5.43 Å². The lowest BCUT2D eigenvalue weighted by molar-refractivity contribution is 0.105. The Bertz CT molecular complexity index is 725. The van der Waals surface area contributed by atoms with Gasteiger partial charge in [0.2, 0.25) is 0 Å². The van der Waals surface area contributed by atoms with Gasteiger partial charge in [-0.3, -0.25) is 5.43 Å². The van der Waals surface area contributed by atoms with Crippen LogP contribution in [0.1, 0.15) is 17.6 Å². The molecule has 1 aromatic carbocycles. The summed E-state index contributed by atoms with van der Waals surface area (Å²) in [5, 5.41) is 14.2. The zero-order valence-corrected chi connectivity index (χ0v) is 16.0. The van der Waals surface area contributed by atoms with Crippen LogP contribution in [0.25, 0.3) is 0 Å². The Labute approximate surface area is 162 Å². The van der Waals surface area contributed by atoms with E-state index in [2.05, 4.69) is 16.2 Å². The number of nitrogens with one attached hydrogen (secondary N) is 3. The van der Waals surface area contributed by atoms with Crippen molar-refractivity contribution in [2.75, 3.05) is 26.2 Å². The predicted molar refractivity (Wildman–Crippen MR) is 102 cm³/mol. The lowest BCUT2D eigenvalue weighted by Gasteiger charge is -2.19. The molecule has 1 fully saturated rings. The molecule has 0 saturated carbocycles. The van der Waals surface area contributed by atoms with Gasteiger partial charge >= 0.3 is 0 Å². The first-order valence-corrected chi connectivity index (χ1v) is 9.30. The van der Waals surface area contributed by atoms with E-state index in [-0.39, 0.29) is 12.6 Å². The molecular formula is C18H23Cl2N3O3. The van der Waals surface area contributed by atoms with Gasteiger partial charge in [0.05, 0.1) is 11.1 Å². The molecule has 8 heteroatoms. The monoisotopic (exact) mass is 399 g/mol. The smallest absolute Gasteiger partial charge is 0.139 e. The molecule has 3 atom stereocenters. The van der Waals surface area contributed by atoms with E-state index in [1.807, 2.05) is 19.1 Å². The summed E-state index contributed by atoms with van der Waals surface area (Å²) < 4.78 is 11.3. The molecule has 3 rings (SSSR count). The van der Waals surface area contributed by atoms with Gasteiger partial charge in [-0.1, -0.05) is 29.3 Å². The van der Waals surface area contributed by atoms with Crippen molar-refractivity contribution in [2.45, 2.75) is 19.1 Å². The highest BCUT2D eigenvalue weighted by Gasteiger charge is 2.30. The topological polar surface area (TPSA) is 78.7 Å². The lowest BCUT2D eigenvalue weighted by atomic mass is 10.00. The number of furan rings is 1. The summed E-state index contributed by atoms with van der Waals surface area (Å²) in [6.45, 7) is 4.04. The van der Waals surface area contributed by atoms with Crippen molar-refractivity contribution in [3.63, 3.8) is 0 Å². The molecule has 6 nitrogen and oxygen atoms in total. The second kappa shape index (κ2) is 9.08. The minimum absolute atomic E-state index is 0.106. The zero-order chi connectivity index (χ0) is 18.5. The number of rotatable bonds is 8. The van der Waals surface area contributed by atoms with E-state index in [9.17, 15) is 5.11 Å². The van der Waals surface area contributed by atoms with E-state index < -0.39 is 6.10 Å². The summed E-state index contributed by atoms with van der Waals surface area (Å²) in [5.41, 5.74) is 6.40. The molecule has 0 radical (unpaired) electrons. The fourth-order valence-electron chi connectivity index (χ4n) is 2.93. The van der Waals surface area contributed by atoms with Gasteiger partial charge in [-0.05, 0) is 31.2 Å². The Hall–Kier alpha value is -1.28. The second-order valence-corrected chi connectivity index (χ2v) is 7.17. The molecule has 0 amide bonds. The minimum atomic E-state index is -0.656. The molecule has 0 bridgehead atoms. The van der Waals surface area contributed by atoms with E-state index in [0.717, 1.165) is 24.6 Å². The first-order chi connectivity index (χ1) is 12.5. The first kappa shape index (κ1) is 19.5. The van der Waals surface area contributed by atoms with Crippen molar-refractivity contribution >= 4 is 23.2 Å². The van der Waals surface area contributed by atoms with Gasteiger partial charge in [-0.2, -0.15) is 0 Å². The largest absolute Gasteiger partial charge is 0.489 e. The van der Waals surface area contributed by atoms with Crippen LogP contribution in [-0.2, 0) is 0 Å². The van der Waals surface area contributed by atoms with Crippen molar-refractivity contribution in [3.05, 3.63) is 51.9 Å². The number of hydrogen-bond acceptors (Lipinski definition) is 6. The molecule has 0 spiro atoms. The molecule has 2 aromatic rings. The Morgan fingerprint density at radius 2 is 2.19 bits per heavy atom. The Morgan fingerprint density at radius 1 is 1.35 bits per heavy atom. The molecule has 0 aliphatic carbocycles. The lowest BCUT2D eigenvalue weighted by Crippen LogP contribution is -2.36. The number of halogens is 2. The molecule has 142 valence electrons. The van der Waals surface area contributed by atoms with Crippen molar-refractivity contribution in [1.82, 2.24) is 16.2 Å². The summed E-state index contributed by atoms with van der Waals surface area (Å²) in [7, 11) is 0. The van der Waals surface area contributed by atoms with E-state index in [0.29, 0.717) is 28.3 Å². The van der Waals surface area contributed by atoms with E-state index in [1.165, 1.54) is 0 Å². The molecule has 1 aliphatic rings. The summed E-state index contributed by atoms with van der Waals surface area (Å²) in [5.74, 6) is 2.60. The third kappa shape index (κ3) is 4.91. The van der Waals surface area contributed by atoms with E-state index >= 15 is 0 Å². The third-order valence-electron chi connectivity index (χ3n) is 4.29. The van der Waals surface area contributed by atoms with Crippen LogP contribution in [-0.4, -0.2) is 37.5 Å². The van der Waals surface area contributed by atoms with Crippen LogP contribution in [0.3, 0.4) is 0 Å². The third-order valence-corrected chi connectivity index (χ3v) is 5.10. The minimum Gasteiger partial charge on any atom is -0.489 e. The average Bonchev–Trinajstić information content (AvgIpc) is 3.25. The number of hydrogen-bond donors (Lipinski definition) is 4. The highest BCUT2D eigenvalue weighted by Crippen LogP contribution is 2.31. The van der Waals surface area contributed by atoms with Gasteiger partial charge in [-0.15, -0.1) is 0 Å². The van der Waals surface area contributed by atoms with Crippen LogP contribution in [0.2, 0.25) is 10.0 Å². The van der Waals surface area contributed by atoms with Crippen LogP contribution >= 0.6 is 23.2 Å². The molecule has 1 aromatic heterocycles. The average molecular weight is 400 g/mol. The predicted octanol–water partition coefficient (Wildman–Crippen LogP) is 2.69. The molecule has 3 unspecified atom stereocenters. The molecule has 1 saturated heterocycles. The number of aryl methyl sites for hydroxylation is 1. The Balaban J connectivity index is 1.42.